The molecule has 0 aliphatic carbocycles. The van der Waals surface area contributed by atoms with Crippen molar-refractivity contribution in [3.05, 3.63) is 78.9 Å². The van der Waals surface area contributed by atoms with E-state index in [9.17, 15) is 4.39 Å². The summed E-state index contributed by atoms with van der Waals surface area (Å²) < 4.78 is 13.2. The minimum atomic E-state index is -0.205. The average molecular weight is 385 g/mol. The fraction of sp³-hybridized carbons (Fsp3) is 0.174. The lowest BCUT2D eigenvalue weighted by molar-refractivity contribution is 0.624. The Bertz CT molecular complexity index is 1120. The van der Waals surface area contributed by atoms with E-state index < -0.39 is 0 Å². The van der Waals surface area contributed by atoms with Crippen molar-refractivity contribution in [1.29, 1.82) is 0 Å². The number of hydrogen-bond acceptors (Lipinski definition) is 5. The molecule has 2 aromatic carbocycles. The summed E-state index contributed by atoms with van der Waals surface area (Å²) in [5, 5.41) is 1.06. The van der Waals surface area contributed by atoms with Crippen molar-refractivity contribution in [2.24, 2.45) is 0 Å². The fourth-order valence-corrected chi connectivity index (χ4v) is 3.76. The van der Waals surface area contributed by atoms with E-state index in [0.29, 0.717) is 5.82 Å². The Morgan fingerprint density at radius 2 is 1.41 bits per heavy atom. The first-order valence-electron chi connectivity index (χ1n) is 9.70. The maximum atomic E-state index is 13.2. The molecule has 0 spiro atoms. The zero-order valence-electron chi connectivity index (χ0n) is 15.9. The summed E-state index contributed by atoms with van der Waals surface area (Å²) in [6.45, 7) is 3.39. The van der Waals surface area contributed by atoms with E-state index in [-0.39, 0.29) is 5.82 Å². The van der Waals surface area contributed by atoms with Crippen LogP contribution in [0.4, 0.5) is 15.9 Å². The maximum absolute atomic E-state index is 13.2. The van der Waals surface area contributed by atoms with Crippen LogP contribution >= 0.6 is 0 Å². The van der Waals surface area contributed by atoms with Crippen LogP contribution in [0.3, 0.4) is 0 Å². The second-order valence-corrected chi connectivity index (χ2v) is 7.07. The molecule has 1 fully saturated rings. The van der Waals surface area contributed by atoms with E-state index in [1.54, 1.807) is 12.4 Å². The molecule has 1 saturated heterocycles. The molecule has 0 radical (unpaired) electrons. The smallest absolute Gasteiger partial charge is 0.162 e. The molecular weight excluding hydrogens is 365 g/mol. The molecule has 6 heteroatoms. The first-order chi connectivity index (χ1) is 14.3. The third-order valence-corrected chi connectivity index (χ3v) is 5.29. The fourth-order valence-electron chi connectivity index (χ4n) is 3.76. The van der Waals surface area contributed by atoms with Gasteiger partial charge in [-0.1, -0.05) is 12.1 Å². The van der Waals surface area contributed by atoms with Crippen LogP contribution in [-0.2, 0) is 0 Å². The molecule has 4 aromatic rings. The van der Waals surface area contributed by atoms with E-state index in [1.165, 1.54) is 12.1 Å². The quantitative estimate of drug-likeness (QED) is 0.530. The maximum Gasteiger partial charge on any atom is 0.162 e. The number of anilines is 2. The lowest BCUT2D eigenvalue weighted by atomic mass is 10.1. The van der Waals surface area contributed by atoms with Gasteiger partial charge in [0.1, 0.15) is 11.6 Å². The van der Waals surface area contributed by atoms with Crippen LogP contribution in [-0.4, -0.2) is 41.1 Å². The van der Waals surface area contributed by atoms with Gasteiger partial charge in [-0.25, -0.2) is 14.4 Å². The number of aromatic nitrogens is 3. The Labute approximate surface area is 168 Å². The Hall–Kier alpha value is -3.54. The first kappa shape index (κ1) is 17.6. The van der Waals surface area contributed by atoms with Crippen molar-refractivity contribution in [3.63, 3.8) is 0 Å². The Kier molecular flexibility index (Phi) is 4.52. The van der Waals surface area contributed by atoms with Gasteiger partial charge in [-0.3, -0.25) is 4.98 Å². The summed E-state index contributed by atoms with van der Waals surface area (Å²) in [5.41, 5.74) is 2.94. The molecule has 29 heavy (non-hydrogen) atoms. The van der Waals surface area contributed by atoms with Gasteiger partial charge in [-0.15, -0.1) is 0 Å². The molecule has 0 amide bonds. The van der Waals surface area contributed by atoms with Crippen molar-refractivity contribution in [1.82, 2.24) is 15.0 Å². The van der Waals surface area contributed by atoms with E-state index in [1.807, 2.05) is 42.5 Å². The zero-order valence-corrected chi connectivity index (χ0v) is 15.9. The molecule has 2 aromatic heterocycles. The summed E-state index contributed by atoms with van der Waals surface area (Å²) in [6.07, 6.45) is 3.52. The van der Waals surface area contributed by atoms with Gasteiger partial charge in [0.25, 0.3) is 0 Å². The van der Waals surface area contributed by atoms with Crippen LogP contribution < -0.4 is 9.80 Å². The molecule has 0 unspecified atom stereocenters. The second kappa shape index (κ2) is 7.47. The highest BCUT2D eigenvalue weighted by atomic mass is 19.1. The van der Waals surface area contributed by atoms with Gasteiger partial charge in [0.2, 0.25) is 0 Å². The number of pyridine rings is 1. The van der Waals surface area contributed by atoms with Crippen LogP contribution in [0.15, 0.2) is 73.1 Å². The normalized spacial score (nSPS) is 14.4. The summed E-state index contributed by atoms with van der Waals surface area (Å²) >= 11 is 0. The molecule has 5 nitrogen and oxygen atoms in total. The number of halogens is 1. The van der Waals surface area contributed by atoms with Crippen molar-refractivity contribution in [2.75, 3.05) is 36.0 Å². The molecule has 0 N–H and O–H groups in total. The van der Waals surface area contributed by atoms with Crippen molar-refractivity contribution in [2.45, 2.75) is 0 Å². The lowest BCUT2D eigenvalue weighted by Crippen LogP contribution is -2.47. The third-order valence-electron chi connectivity index (χ3n) is 5.29. The predicted molar refractivity (Wildman–Crippen MR) is 114 cm³/mol. The highest BCUT2D eigenvalue weighted by Crippen LogP contribution is 2.28. The minimum absolute atomic E-state index is 0.205. The van der Waals surface area contributed by atoms with Gasteiger partial charge in [0, 0.05) is 55.2 Å². The Morgan fingerprint density at radius 1 is 0.724 bits per heavy atom. The predicted octanol–water partition coefficient (Wildman–Crippen LogP) is 4.16. The Morgan fingerprint density at radius 3 is 2.17 bits per heavy atom. The van der Waals surface area contributed by atoms with Crippen molar-refractivity contribution < 1.29 is 4.39 Å². The van der Waals surface area contributed by atoms with Crippen LogP contribution in [0.25, 0.3) is 22.3 Å². The lowest BCUT2D eigenvalue weighted by Gasteiger charge is -2.37. The summed E-state index contributed by atoms with van der Waals surface area (Å²) in [4.78, 5) is 18.4. The molecule has 0 bridgehead atoms. The molecule has 0 saturated carbocycles. The van der Waals surface area contributed by atoms with E-state index in [4.69, 9.17) is 9.97 Å². The van der Waals surface area contributed by atoms with Crippen molar-refractivity contribution >= 4 is 22.4 Å². The summed E-state index contributed by atoms with van der Waals surface area (Å²) in [6, 6.07) is 18.7. The van der Waals surface area contributed by atoms with E-state index in [2.05, 4.69) is 20.9 Å². The van der Waals surface area contributed by atoms with Gasteiger partial charge in [0.05, 0.1) is 5.52 Å². The standard InChI is InChI=1S/C23H20FN5/c24-18-5-7-19(8-6-18)28-13-15-29(16-14-28)23-20-3-1-2-4-21(20)26-22(27-23)17-9-11-25-12-10-17/h1-12H,13-16H2. The first-order valence-corrected chi connectivity index (χ1v) is 9.70. The number of para-hydroxylation sites is 1. The molecule has 0 atom stereocenters. The number of piperazine rings is 1. The number of nitrogens with zero attached hydrogens (tertiary/aromatic N) is 5. The number of hydrogen-bond donors (Lipinski definition) is 0. The van der Waals surface area contributed by atoms with Crippen LogP contribution in [0, 0.1) is 5.82 Å². The van der Waals surface area contributed by atoms with Gasteiger partial charge in [0.15, 0.2) is 5.82 Å². The molecular formula is C23H20FN5. The molecule has 1 aliphatic heterocycles. The second-order valence-electron chi connectivity index (χ2n) is 7.07. The SMILES string of the molecule is Fc1ccc(N2CCN(c3nc(-c4ccncc4)nc4ccccc34)CC2)cc1. The zero-order chi connectivity index (χ0) is 19.6. The molecule has 3 heterocycles. The summed E-state index contributed by atoms with van der Waals surface area (Å²) in [5.74, 6) is 1.46. The monoisotopic (exact) mass is 385 g/mol. The highest BCUT2D eigenvalue weighted by Gasteiger charge is 2.21. The van der Waals surface area contributed by atoms with Crippen LogP contribution in [0.5, 0.6) is 0 Å². The highest BCUT2D eigenvalue weighted by molar-refractivity contribution is 5.91. The summed E-state index contributed by atoms with van der Waals surface area (Å²) in [7, 11) is 0. The van der Waals surface area contributed by atoms with E-state index >= 15 is 0 Å². The van der Waals surface area contributed by atoms with E-state index in [0.717, 1.165) is 54.2 Å². The van der Waals surface area contributed by atoms with Crippen LogP contribution in [0.2, 0.25) is 0 Å². The number of rotatable bonds is 3. The average Bonchev–Trinajstić information content (AvgIpc) is 2.80. The van der Waals surface area contributed by atoms with Gasteiger partial charge in [-0.05, 0) is 48.5 Å². The largest absolute Gasteiger partial charge is 0.368 e. The Balaban J connectivity index is 1.46. The van der Waals surface area contributed by atoms with Gasteiger partial charge >= 0.3 is 0 Å². The van der Waals surface area contributed by atoms with Gasteiger partial charge in [-0.2, -0.15) is 0 Å². The molecule has 5 rings (SSSR count). The molecule has 144 valence electrons. The molecule has 1 aliphatic rings. The minimum Gasteiger partial charge on any atom is -0.368 e. The van der Waals surface area contributed by atoms with Crippen LogP contribution in [0.1, 0.15) is 0 Å². The van der Waals surface area contributed by atoms with Crippen molar-refractivity contribution in [3.8, 4) is 11.4 Å². The third kappa shape index (κ3) is 3.49. The number of fused-ring (bicyclic) bond motifs is 1. The number of benzene rings is 2. The van der Waals surface area contributed by atoms with Gasteiger partial charge < -0.3 is 9.80 Å². The topological polar surface area (TPSA) is 45.2 Å².